The summed E-state index contributed by atoms with van der Waals surface area (Å²) in [6.07, 6.45) is 3.98. The van der Waals surface area contributed by atoms with Crippen molar-refractivity contribution in [2.24, 2.45) is 0 Å². The van der Waals surface area contributed by atoms with Crippen LogP contribution in [0.2, 0.25) is 0 Å². The molecule has 5 nitrogen and oxygen atoms in total. The maximum absolute atomic E-state index is 11.5. The number of carbonyl (C=O) groups excluding carboxylic acids is 1. The van der Waals surface area contributed by atoms with Gasteiger partial charge in [0.25, 0.3) is 0 Å². The van der Waals surface area contributed by atoms with Crippen LogP contribution in [0.25, 0.3) is 22.4 Å². The Morgan fingerprint density at radius 3 is 2.48 bits per heavy atom. The molecule has 1 amide bonds. The van der Waals surface area contributed by atoms with Gasteiger partial charge in [0, 0.05) is 13.0 Å². The van der Waals surface area contributed by atoms with Gasteiger partial charge in [-0.2, -0.15) is 0 Å². The first-order chi connectivity index (χ1) is 13.3. The minimum atomic E-state index is -0.369. The van der Waals surface area contributed by atoms with Gasteiger partial charge in [-0.3, -0.25) is 0 Å². The lowest BCUT2D eigenvalue weighted by Gasteiger charge is -2.05. The molecule has 2 aromatic carbocycles. The largest absolute Gasteiger partial charge is 0.450 e. The summed E-state index contributed by atoms with van der Waals surface area (Å²) in [5, 5.41) is 2.74. The standard InChI is InChI=1S/C22H25N3O2/c1-2-3-15-27-22(26)23-14-13-21-24-16-20(25-21)19-11-9-18(10-12-19)17-7-5-4-6-8-17/h4-12,16H,2-3,13-15H2,1H3,(H,23,26)(H,24,25). The van der Waals surface area contributed by atoms with Gasteiger partial charge in [0.2, 0.25) is 0 Å². The number of amides is 1. The molecule has 0 radical (unpaired) electrons. The highest BCUT2D eigenvalue weighted by molar-refractivity contribution is 5.68. The molecule has 140 valence electrons. The number of hydrogen-bond donors (Lipinski definition) is 2. The molecule has 0 saturated heterocycles. The van der Waals surface area contributed by atoms with E-state index < -0.39 is 0 Å². The predicted molar refractivity (Wildman–Crippen MR) is 107 cm³/mol. The summed E-state index contributed by atoms with van der Waals surface area (Å²) in [6.45, 7) is 3.02. The molecular formula is C22H25N3O2. The summed E-state index contributed by atoms with van der Waals surface area (Å²) in [4.78, 5) is 19.2. The number of carbonyl (C=O) groups is 1. The van der Waals surface area contributed by atoms with E-state index in [2.05, 4.69) is 58.6 Å². The Morgan fingerprint density at radius 1 is 1.04 bits per heavy atom. The average Bonchev–Trinajstić information content (AvgIpc) is 3.18. The van der Waals surface area contributed by atoms with Crippen LogP contribution in [0.3, 0.4) is 0 Å². The third-order valence-electron chi connectivity index (χ3n) is 4.29. The van der Waals surface area contributed by atoms with Crippen molar-refractivity contribution in [3.05, 3.63) is 66.6 Å². The van der Waals surface area contributed by atoms with Crippen molar-refractivity contribution in [2.75, 3.05) is 13.2 Å². The highest BCUT2D eigenvalue weighted by Gasteiger charge is 2.06. The van der Waals surface area contributed by atoms with E-state index in [0.717, 1.165) is 29.9 Å². The molecule has 27 heavy (non-hydrogen) atoms. The van der Waals surface area contributed by atoms with Crippen molar-refractivity contribution >= 4 is 6.09 Å². The summed E-state index contributed by atoms with van der Waals surface area (Å²) < 4.78 is 5.06. The van der Waals surface area contributed by atoms with Gasteiger partial charge in [0.15, 0.2) is 0 Å². The van der Waals surface area contributed by atoms with Crippen LogP contribution in [0.15, 0.2) is 60.8 Å². The molecule has 0 saturated carbocycles. The van der Waals surface area contributed by atoms with Crippen molar-refractivity contribution < 1.29 is 9.53 Å². The van der Waals surface area contributed by atoms with Crippen LogP contribution in [0, 0.1) is 0 Å². The number of unbranched alkanes of at least 4 members (excludes halogenated alkanes) is 1. The molecule has 0 atom stereocenters. The number of hydrogen-bond acceptors (Lipinski definition) is 3. The molecule has 0 aliphatic carbocycles. The third kappa shape index (κ3) is 5.45. The van der Waals surface area contributed by atoms with E-state index in [1.165, 1.54) is 11.1 Å². The molecule has 0 aliphatic rings. The first kappa shape index (κ1) is 18.7. The lowest BCUT2D eigenvalue weighted by molar-refractivity contribution is 0.144. The smallest absolute Gasteiger partial charge is 0.407 e. The fourth-order valence-electron chi connectivity index (χ4n) is 2.75. The lowest BCUT2D eigenvalue weighted by atomic mass is 10.0. The van der Waals surface area contributed by atoms with Gasteiger partial charge in [-0.1, -0.05) is 67.9 Å². The predicted octanol–water partition coefficient (Wildman–Crippen LogP) is 4.81. The molecule has 0 aliphatic heterocycles. The summed E-state index contributed by atoms with van der Waals surface area (Å²) >= 11 is 0. The second-order valence-electron chi connectivity index (χ2n) is 6.35. The summed E-state index contributed by atoms with van der Waals surface area (Å²) in [5.74, 6) is 0.839. The normalized spacial score (nSPS) is 10.6. The van der Waals surface area contributed by atoms with E-state index in [-0.39, 0.29) is 6.09 Å². The summed E-state index contributed by atoms with van der Waals surface area (Å²) in [5.41, 5.74) is 4.44. The Hall–Kier alpha value is -3.08. The SMILES string of the molecule is CCCCOC(=O)NCCc1ncc(-c2ccc(-c3ccccc3)cc2)[nH]1. The molecule has 1 heterocycles. The maximum Gasteiger partial charge on any atom is 0.407 e. The number of nitrogens with zero attached hydrogens (tertiary/aromatic N) is 1. The molecule has 1 aromatic heterocycles. The van der Waals surface area contributed by atoms with Gasteiger partial charge in [0.1, 0.15) is 5.82 Å². The third-order valence-corrected chi connectivity index (χ3v) is 4.29. The second kappa shape index (κ2) is 9.57. The number of H-pyrrole nitrogens is 1. The van der Waals surface area contributed by atoms with Gasteiger partial charge in [0.05, 0.1) is 18.5 Å². The molecule has 0 unspecified atom stereocenters. The van der Waals surface area contributed by atoms with Crippen molar-refractivity contribution in [1.82, 2.24) is 15.3 Å². The van der Waals surface area contributed by atoms with Gasteiger partial charge in [-0.05, 0) is 23.1 Å². The molecule has 3 rings (SSSR count). The van der Waals surface area contributed by atoms with E-state index in [9.17, 15) is 4.79 Å². The topological polar surface area (TPSA) is 67.0 Å². The highest BCUT2D eigenvalue weighted by Crippen LogP contribution is 2.23. The molecule has 2 N–H and O–H groups in total. The Kier molecular flexibility index (Phi) is 6.63. The lowest BCUT2D eigenvalue weighted by Crippen LogP contribution is -2.27. The number of alkyl carbamates (subject to hydrolysis) is 1. The monoisotopic (exact) mass is 363 g/mol. The van der Waals surface area contributed by atoms with Crippen molar-refractivity contribution in [3.8, 4) is 22.4 Å². The number of rotatable bonds is 8. The van der Waals surface area contributed by atoms with Crippen molar-refractivity contribution in [1.29, 1.82) is 0 Å². The number of aromatic nitrogens is 2. The molecular weight excluding hydrogens is 338 g/mol. The zero-order chi connectivity index (χ0) is 18.9. The van der Waals surface area contributed by atoms with E-state index in [1.807, 2.05) is 24.4 Å². The van der Waals surface area contributed by atoms with Crippen LogP contribution in [0.5, 0.6) is 0 Å². The number of benzene rings is 2. The van der Waals surface area contributed by atoms with Gasteiger partial charge in [-0.15, -0.1) is 0 Å². The zero-order valence-corrected chi connectivity index (χ0v) is 15.6. The number of nitrogens with one attached hydrogen (secondary N) is 2. The first-order valence-corrected chi connectivity index (χ1v) is 9.36. The fourth-order valence-corrected chi connectivity index (χ4v) is 2.75. The summed E-state index contributed by atoms with van der Waals surface area (Å²) in [7, 11) is 0. The van der Waals surface area contributed by atoms with Crippen molar-refractivity contribution in [2.45, 2.75) is 26.2 Å². The Morgan fingerprint density at radius 2 is 1.74 bits per heavy atom. The Balaban J connectivity index is 1.52. The quantitative estimate of drug-likeness (QED) is 0.564. The van der Waals surface area contributed by atoms with E-state index in [4.69, 9.17) is 4.74 Å². The highest BCUT2D eigenvalue weighted by atomic mass is 16.5. The molecule has 0 fully saturated rings. The van der Waals surface area contributed by atoms with E-state index in [0.29, 0.717) is 19.6 Å². The molecule has 0 spiro atoms. The van der Waals surface area contributed by atoms with Crippen LogP contribution in [-0.2, 0) is 11.2 Å². The van der Waals surface area contributed by atoms with Crippen LogP contribution in [0.1, 0.15) is 25.6 Å². The average molecular weight is 363 g/mol. The van der Waals surface area contributed by atoms with Gasteiger partial charge >= 0.3 is 6.09 Å². The summed E-state index contributed by atoms with van der Waals surface area (Å²) in [6, 6.07) is 18.7. The van der Waals surface area contributed by atoms with Gasteiger partial charge < -0.3 is 15.0 Å². The van der Waals surface area contributed by atoms with E-state index in [1.54, 1.807) is 0 Å². The molecule has 3 aromatic rings. The minimum absolute atomic E-state index is 0.369. The Labute approximate surface area is 159 Å². The first-order valence-electron chi connectivity index (χ1n) is 9.36. The number of ether oxygens (including phenoxy) is 1. The maximum atomic E-state index is 11.5. The number of aromatic amines is 1. The fraction of sp³-hybridized carbons (Fsp3) is 0.273. The second-order valence-corrected chi connectivity index (χ2v) is 6.35. The van der Waals surface area contributed by atoms with E-state index >= 15 is 0 Å². The van der Waals surface area contributed by atoms with Gasteiger partial charge in [-0.25, -0.2) is 9.78 Å². The molecule has 0 bridgehead atoms. The molecule has 5 heteroatoms. The van der Waals surface area contributed by atoms with Crippen LogP contribution >= 0.6 is 0 Å². The minimum Gasteiger partial charge on any atom is -0.450 e. The Bertz CT molecular complexity index is 842. The van der Waals surface area contributed by atoms with Crippen LogP contribution in [-0.4, -0.2) is 29.2 Å². The van der Waals surface area contributed by atoms with Crippen molar-refractivity contribution in [3.63, 3.8) is 0 Å². The number of imidazole rings is 1. The van der Waals surface area contributed by atoms with Crippen LogP contribution < -0.4 is 5.32 Å². The van der Waals surface area contributed by atoms with Crippen LogP contribution in [0.4, 0.5) is 4.79 Å². The zero-order valence-electron chi connectivity index (χ0n) is 15.6.